The van der Waals surface area contributed by atoms with Crippen LogP contribution in [0.15, 0.2) is 24.3 Å². The Balaban J connectivity index is 2.42. The second-order valence-electron chi connectivity index (χ2n) is 5.13. The summed E-state index contributed by atoms with van der Waals surface area (Å²) in [5.74, 6) is -0.427. The van der Waals surface area contributed by atoms with Crippen molar-refractivity contribution in [2.45, 2.75) is 13.8 Å². The molecular formula is C17H14O4. The van der Waals surface area contributed by atoms with Gasteiger partial charge in [-0.1, -0.05) is 12.1 Å². The molecule has 4 heteroatoms. The summed E-state index contributed by atoms with van der Waals surface area (Å²) in [6.07, 6.45) is 0. The molecule has 21 heavy (non-hydrogen) atoms. The fourth-order valence-corrected chi connectivity index (χ4v) is 2.78. The fraction of sp³-hybridized carbons (Fsp3) is 0.176. The molecule has 0 radical (unpaired) electrons. The van der Waals surface area contributed by atoms with Gasteiger partial charge in [0.15, 0.2) is 5.78 Å². The van der Waals surface area contributed by atoms with Crippen LogP contribution in [-0.4, -0.2) is 23.8 Å². The molecule has 3 rings (SSSR count). The van der Waals surface area contributed by atoms with Gasteiger partial charge in [0.05, 0.1) is 18.2 Å². The van der Waals surface area contributed by atoms with Crippen LogP contribution in [0.1, 0.15) is 43.0 Å². The zero-order valence-electron chi connectivity index (χ0n) is 12.0. The Morgan fingerprint density at radius 1 is 1.00 bits per heavy atom. The predicted octanol–water partition coefficient (Wildman–Crippen LogP) is 2.79. The van der Waals surface area contributed by atoms with Crippen LogP contribution < -0.4 is 4.74 Å². The minimum atomic E-state index is -0.377. The smallest absolute Gasteiger partial charge is 0.201 e. The lowest BCUT2D eigenvalue weighted by Gasteiger charge is -2.22. The van der Waals surface area contributed by atoms with E-state index in [1.807, 2.05) is 13.8 Å². The van der Waals surface area contributed by atoms with Crippen molar-refractivity contribution in [3.63, 3.8) is 0 Å². The van der Waals surface area contributed by atoms with Crippen molar-refractivity contribution in [2.24, 2.45) is 0 Å². The minimum Gasteiger partial charge on any atom is -0.507 e. The van der Waals surface area contributed by atoms with E-state index in [2.05, 4.69) is 0 Å². The van der Waals surface area contributed by atoms with E-state index in [-0.39, 0.29) is 34.0 Å². The van der Waals surface area contributed by atoms with Crippen LogP contribution in [0.25, 0.3) is 0 Å². The van der Waals surface area contributed by atoms with Crippen LogP contribution in [0, 0.1) is 13.8 Å². The van der Waals surface area contributed by atoms with Gasteiger partial charge in [0, 0.05) is 11.1 Å². The maximum atomic E-state index is 12.7. The Morgan fingerprint density at radius 3 is 2.38 bits per heavy atom. The molecule has 2 aromatic carbocycles. The van der Waals surface area contributed by atoms with Gasteiger partial charge in [0.1, 0.15) is 11.5 Å². The number of ether oxygens (including phenoxy) is 1. The van der Waals surface area contributed by atoms with Gasteiger partial charge in [0.25, 0.3) is 0 Å². The van der Waals surface area contributed by atoms with Gasteiger partial charge in [-0.15, -0.1) is 0 Å². The third-order valence-electron chi connectivity index (χ3n) is 3.98. The second kappa shape index (κ2) is 4.45. The van der Waals surface area contributed by atoms with Crippen LogP contribution in [0.4, 0.5) is 0 Å². The molecule has 0 amide bonds. The molecule has 0 atom stereocenters. The van der Waals surface area contributed by atoms with Gasteiger partial charge in [-0.05, 0) is 37.1 Å². The van der Waals surface area contributed by atoms with E-state index in [0.29, 0.717) is 11.3 Å². The van der Waals surface area contributed by atoms with Gasteiger partial charge in [-0.3, -0.25) is 9.59 Å². The fourth-order valence-electron chi connectivity index (χ4n) is 2.78. The number of phenols is 1. The average Bonchev–Trinajstić information content (AvgIpc) is 2.46. The normalized spacial score (nSPS) is 12.9. The van der Waals surface area contributed by atoms with Crippen molar-refractivity contribution in [1.29, 1.82) is 0 Å². The first kappa shape index (κ1) is 13.4. The van der Waals surface area contributed by atoms with Crippen molar-refractivity contribution < 1.29 is 19.4 Å². The molecule has 0 spiro atoms. The number of rotatable bonds is 1. The number of aromatic hydroxyl groups is 1. The number of benzene rings is 2. The molecule has 4 nitrogen and oxygen atoms in total. The molecule has 0 saturated carbocycles. The summed E-state index contributed by atoms with van der Waals surface area (Å²) in [4.78, 5) is 25.3. The molecule has 1 aliphatic carbocycles. The molecule has 0 bridgehead atoms. The zero-order chi connectivity index (χ0) is 15.3. The maximum Gasteiger partial charge on any atom is 0.201 e. The number of ketones is 2. The van der Waals surface area contributed by atoms with Gasteiger partial charge >= 0.3 is 0 Å². The summed E-state index contributed by atoms with van der Waals surface area (Å²) < 4.78 is 5.34. The first-order valence-electron chi connectivity index (χ1n) is 6.57. The molecule has 1 N–H and O–H groups in total. The van der Waals surface area contributed by atoms with Crippen LogP contribution in [-0.2, 0) is 0 Å². The second-order valence-corrected chi connectivity index (χ2v) is 5.13. The van der Waals surface area contributed by atoms with Crippen LogP contribution in [0.5, 0.6) is 11.5 Å². The van der Waals surface area contributed by atoms with E-state index in [9.17, 15) is 14.7 Å². The number of hydrogen-bond donors (Lipinski definition) is 1. The summed E-state index contributed by atoms with van der Waals surface area (Å²) >= 11 is 0. The largest absolute Gasteiger partial charge is 0.507 e. The maximum absolute atomic E-state index is 12.7. The molecule has 0 saturated heterocycles. The first-order chi connectivity index (χ1) is 9.97. The van der Waals surface area contributed by atoms with E-state index in [1.54, 1.807) is 18.2 Å². The summed E-state index contributed by atoms with van der Waals surface area (Å²) in [6, 6.07) is 6.23. The number of aryl methyl sites for hydroxylation is 1. The van der Waals surface area contributed by atoms with Crippen LogP contribution in [0.3, 0.4) is 0 Å². The van der Waals surface area contributed by atoms with Crippen molar-refractivity contribution in [2.75, 3.05) is 7.11 Å². The van der Waals surface area contributed by atoms with Gasteiger partial charge < -0.3 is 9.84 Å². The zero-order valence-corrected chi connectivity index (χ0v) is 12.0. The molecule has 106 valence electrons. The standard InChI is InChI=1S/C17H14O4/c1-8-7-11-14(17(21-3)9(8)2)16(20)13-10(15(11)19)5-4-6-12(13)18/h4-7,18H,1-3H3. The summed E-state index contributed by atoms with van der Waals surface area (Å²) in [5, 5.41) is 9.94. The third-order valence-corrected chi connectivity index (χ3v) is 3.98. The van der Waals surface area contributed by atoms with E-state index in [0.717, 1.165) is 11.1 Å². The summed E-state index contributed by atoms with van der Waals surface area (Å²) in [5.41, 5.74) is 2.55. The highest BCUT2D eigenvalue weighted by atomic mass is 16.5. The predicted molar refractivity (Wildman–Crippen MR) is 77.4 cm³/mol. The number of carbonyl (C=O) groups is 2. The Hall–Kier alpha value is -2.62. The molecule has 0 aliphatic heterocycles. The third kappa shape index (κ3) is 1.69. The van der Waals surface area contributed by atoms with Crippen molar-refractivity contribution in [1.82, 2.24) is 0 Å². The average molecular weight is 282 g/mol. The van der Waals surface area contributed by atoms with Crippen LogP contribution in [0.2, 0.25) is 0 Å². The van der Waals surface area contributed by atoms with Crippen LogP contribution >= 0.6 is 0 Å². The van der Waals surface area contributed by atoms with Crippen molar-refractivity contribution in [3.8, 4) is 11.5 Å². The summed E-state index contributed by atoms with van der Waals surface area (Å²) in [6.45, 7) is 3.71. The van der Waals surface area contributed by atoms with Crippen molar-refractivity contribution in [3.05, 3.63) is 57.6 Å². The SMILES string of the molecule is COc1c(C)c(C)cc2c1C(=O)c1c(O)cccc1C2=O. The first-order valence-corrected chi connectivity index (χ1v) is 6.57. The Morgan fingerprint density at radius 2 is 1.71 bits per heavy atom. The monoisotopic (exact) mass is 282 g/mol. The van der Waals surface area contributed by atoms with Gasteiger partial charge in [-0.2, -0.15) is 0 Å². The lowest BCUT2D eigenvalue weighted by Crippen LogP contribution is -2.22. The highest BCUT2D eigenvalue weighted by Gasteiger charge is 2.35. The van der Waals surface area contributed by atoms with E-state index in [1.165, 1.54) is 13.2 Å². The van der Waals surface area contributed by atoms with E-state index in [4.69, 9.17) is 4.74 Å². The Bertz CT molecular complexity index is 803. The Labute approximate surface area is 122 Å². The molecule has 1 aliphatic rings. The quantitative estimate of drug-likeness (QED) is 0.745. The lowest BCUT2D eigenvalue weighted by atomic mass is 9.81. The number of methoxy groups -OCH3 is 1. The van der Waals surface area contributed by atoms with Crippen molar-refractivity contribution >= 4 is 11.6 Å². The number of hydrogen-bond acceptors (Lipinski definition) is 4. The number of phenolic OH excluding ortho intramolecular Hbond substituents is 1. The molecule has 0 unspecified atom stereocenters. The van der Waals surface area contributed by atoms with Gasteiger partial charge in [-0.25, -0.2) is 0 Å². The van der Waals surface area contributed by atoms with E-state index < -0.39 is 0 Å². The molecular weight excluding hydrogens is 268 g/mol. The number of carbonyl (C=O) groups excluding carboxylic acids is 2. The Kier molecular flexibility index (Phi) is 2.83. The number of fused-ring (bicyclic) bond motifs is 2. The molecule has 2 aromatic rings. The highest BCUT2D eigenvalue weighted by Crippen LogP contribution is 2.39. The highest BCUT2D eigenvalue weighted by molar-refractivity contribution is 6.30. The van der Waals surface area contributed by atoms with E-state index >= 15 is 0 Å². The molecule has 0 fully saturated rings. The molecule has 0 aromatic heterocycles. The lowest BCUT2D eigenvalue weighted by molar-refractivity contribution is 0.0974. The molecule has 0 heterocycles. The minimum absolute atomic E-state index is 0.0524. The van der Waals surface area contributed by atoms with Gasteiger partial charge in [0.2, 0.25) is 5.78 Å². The topological polar surface area (TPSA) is 63.6 Å². The summed E-state index contributed by atoms with van der Waals surface area (Å²) in [7, 11) is 1.47.